The van der Waals surface area contributed by atoms with Gasteiger partial charge in [-0.25, -0.2) is 0 Å². The number of aryl methyl sites for hydroxylation is 1. The van der Waals surface area contributed by atoms with Crippen molar-refractivity contribution >= 4 is 5.91 Å². The highest BCUT2D eigenvalue weighted by molar-refractivity contribution is 5.95. The first kappa shape index (κ1) is 23.2. The van der Waals surface area contributed by atoms with Crippen LogP contribution in [0.3, 0.4) is 0 Å². The number of amides is 1. The van der Waals surface area contributed by atoms with E-state index in [1.54, 1.807) is 18.4 Å². The Morgan fingerprint density at radius 2 is 1.97 bits per heavy atom. The van der Waals surface area contributed by atoms with Crippen molar-refractivity contribution < 1.29 is 22.4 Å². The Morgan fingerprint density at radius 1 is 1.25 bits per heavy atom. The fraction of sp³-hybridized carbons (Fsp3) is 0.364. The zero-order chi connectivity index (χ0) is 23.6. The van der Waals surface area contributed by atoms with Gasteiger partial charge in [0.05, 0.1) is 12.1 Å². The molecule has 3 aromatic rings. The van der Waals surface area contributed by atoms with E-state index in [4.69, 9.17) is 4.42 Å². The number of hydrogen-bond acceptors (Lipinski definition) is 5. The van der Waals surface area contributed by atoms with Crippen LogP contribution in [-0.2, 0) is 12.7 Å². The second-order valence-corrected chi connectivity index (χ2v) is 7.47. The Balaban J connectivity index is 2.11. The van der Waals surface area contributed by atoms with Crippen LogP contribution in [0.5, 0.6) is 0 Å². The first-order valence-corrected chi connectivity index (χ1v) is 10.0. The lowest BCUT2D eigenvalue weighted by atomic mass is 9.98. The molecule has 0 saturated carbocycles. The van der Waals surface area contributed by atoms with Gasteiger partial charge in [0.25, 0.3) is 5.91 Å². The molecule has 0 saturated heterocycles. The van der Waals surface area contributed by atoms with Gasteiger partial charge in [0.2, 0.25) is 17.2 Å². The van der Waals surface area contributed by atoms with Crippen LogP contribution in [0.4, 0.5) is 13.2 Å². The Morgan fingerprint density at radius 3 is 2.56 bits per heavy atom. The van der Waals surface area contributed by atoms with Crippen molar-refractivity contribution in [3.63, 3.8) is 0 Å². The minimum atomic E-state index is -4.56. The molecule has 0 aliphatic rings. The van der Waals surface area contributed by atoms with Gasteiger partial charge < -0.3 is 14.3 Å². The predicted octanol–water partition coefficient (Wildman–Crippen LogP) is 4.43. The van der Waals surface area contributed by atoms with E-state index in [9.17, 15) is 22.8 Å². The summed E-state index contributed by atoms with van der Waals surface area (Å²) < 4.78 is 46.7. The van der Waals surface area contributed by atoms with Crippen LogP contribution in [0.25, 0.3) is 11.1 Å². The predicted molar refractivity (Wildman–Crippen MR) is 111 cm³/mol. The molecular weight excluding hydrogens is 425 g/mol. The number of aromatic nitrogens is 3. The molecule has 2 heterocycles. The molecule has 7 nitrogen and oxygen atoms in total. The first-order chi connectivity index (χ1) is 15.0. The molecule has 1 atom stereocenters. The summed E-state index contributed by atoms with van der Waals surface area (Å²) in [5, 5.41) is 10.0. The normalized spacial score (nSPS) is 12.6. The number of benzene rings is 1. The molecule has 10 heteroatoms. The maximum absolute atomic E-state index is 13.3. The van der Waals surface area contributed by atoms with Gasteiger partial charge in [0.15, 0.2) is 0 Å². The van der Waals surface area contributed by atoms with Crippen LogP contribution in [-0.4, -0.2) is 20.7 Å². The van der Waals surface area contributed by atoms with E-state index in [-0.39, 0.29) is 35.2 Å². The van der Waals surface area contributed by atoms with Gasteiger partial charge in [0, 0.05) is 30.4 Å². The summed E-state index contributed by atoms with van der Waals surface area (Å²) in [5.74, 6) is -0.185. The Kier molecular flexibility index (Phi) is 6.52. The fourth-order valence-electron chi connectivity index (χ4n) is 3.39. The molecule has 1 amide bonds. The molecule has 32 heavy (non-hydrogen) atoms. The summed E-state index contributed by atoms with van der Waals surface area (Å²) in [5.41, 5.74) is -1.07. The number of pyridine rings is 1. The van der Waals surface area contributed by atoms with Crippen molar-refractivity contribution in [2.75, 3.05) is 0 Å². The van der Waals surface area contributed by atoms with E-state index in [0.717, 1.165) is 12.1 Å². The van der Waals surface area contributed by atoms with Crippen molar-refractivity contribution in [2.45, 2.75) is 52.9 Å². The van der Waals surface area contributed by atoms with E-state index < -0.39 is 23.1 Å². The molecule has 0 fully saturated rings. The molecule has 0 spiro atoms. The van der Waals surface area contributed by atoms with Crippen LogP contribution >= 0.6 is 0 Å². The topological polar surface area (TPSA) is 90.0 Å². The third-order valence-electron chi connectivity index (χ3n) is 5.25. The largest absolute Gasteiger partial charge is 0.424 e. The lowest BCUT2D eigenvalue weighted by molar-refractivity contribution is -0.137. The molecule has 0 aliphatic carbocycles. The molecule has 1 N–H and O–H groups in total. The summed E-state index contributed by atoms with van der Waals surface area (Å²) >= 11 is 0. The highest BCUT2D eigenvalue weighted by Crippen LogP contribution is 2.32. The van der Waals surface area contributed by atoms with Crippen molar-refractivity contribution in [3.05, 3.63) is 69.3 Å². The van der Waals surface area contributed by atoms with Crippen molar-refractivity contribution in [3.8, 4) is 11.1 Å². The van der Waals surface area contributed by atoms with E-state index in [1.165, 1.54) is 18.3 Å². The average molecular weight is 448 g/mol. The van der Waals surface area contributed by atoms with Gasteiger partial charge >= 0.3 is 6.18 Å². The van der Waals surface area contributed by atoms with Gasteiger partial charge in [-0.05, 0) is 38.0 Å². The Hall–Kier alpha value is -3.43. The van der Waals surface area contributed by atoms with E-state index in [1.807, 2.05) is 13.8 Å². The lowest BCUT2D eigenvalue weighted by Crippen LogP contribution is -2.31. The Bertz CT molecular complexity index is 1200. The van der Waals surface area contributed by atoms with Crippen molar-refractivity contribution in [2.24, 2.45) is 0 Å². The summed E-state index contributed by atoms with van der Waals surface area (Å²) in [6.45, 7) is 7.01. The minimum absolute atomic E-state index is 0.0534. The van der Waals surface area contributed by atoms with Crippen LogP contribution < -0.4 is 10.7 Å². The second-order valence-electron chi connectivity index (χ2n) is 7.47. The average Bonchev–Trinajstić information content (AvgIpc) is 3.16. The highest BCUT2D eigenvalue weighted by Gasteiger charge is 2.31. The van der Waals surface area contributed by atoms with Gasteiger partial charge in [-0.1, -0.05) is 19.1 Å². The summed E-state index contributed by atoms with van der Waals surface area (Å²) in [4.78, 5) is 26.1. The zero-order valence-electron chi connectivity index (χ0n) is 18.1. The first-order valence-electron chi connectivity index (χ1n) is 10.0. The zero-order valence-corrected chi connectivity index (χ0v) is 18.1. The third-order valence-corrected chi connectivity index (χ3v) is 5.25. The lowest BCUT2D eigenvalue weighted by Gasteiger charge is -2.22. The summed E-state index contributed by atoms with van der Waals surface area (Å²) in [6, 6.07) is 4.45. The molecular formula is C22H23F3N4O3. The van der Waals surface area contributed by atoms with Crippen LogP contribution in [0, 0.1) is 13.8 Å². The smallest absolute Gasteiger partial charge is 0.416 e. The van der Waals surface area contributed by atoms with E-state index >= 15 is 0 Å². The van der Waals surface area contributed by atoms with Crippen LogP contribution in [0.15, 0.2) is 39.7 Å². The minimum Gasteiger partial charge on any atom is -0.424 e. The number of hydrogen-bond donors (Lipinski definition) is 1. The molecule has 2 aromatic heterocycles. The molecule has 0 bridgehead atoms. The Labute approximate surface area is 182 Å². The summed E-state index contributed by atoms with van der Waals surface area (Å²) in [6.07, 6.45) is -2.43. The summed E-state index contributed by atoms with van der Waals surface area (Å²) in [7, 11) is 0. The number of halogens is 3. The van der Waals surface area contributed by atoms with Crippen molar-refractivity contribution in [1.29, 1.82) is 0 Å². The van der Waals surface area contributed by atoms with E-state index in [2.05, 4.69) is 15.5 Å². The number of rotatable bonds is 6. The highest BCUT2D eigenvalue weighted by atomic mass is 19.4. The van der Waals surface area contributed by atoms with Crippen LogP contribution in [0.1, 0.15) is 59.7 Å². The van der Waals surface area contributed by atoms with Gasteiger partial charge in [-0.15, -0.1) is 10.2 Å². The second kappa shape index (κ2) is 8.97. The number of carbonyl (C=O) groups is 1. The van der Waals surface area contributed by atoms with Crippen molar-refractivity contribution in [1.82, 2.24) is 20.1 Å². The third kappa shape index (κ3) is 4.74. The maximum atomic E-state index is 13.3. The molecule has 3 rings (SSSR count). The van der Waals surface area contributed by atoms with E-state index in [0.29, 0.717) is 18.0 Å². The molecule has 170 valence electrons. The van der Waals surface area contributed by atoms with Gasteiger partial charge in [0.1, 0.15) is 5.56 Å². The molecule has 0 unspecified atom stereocenters. The fourth-order valence-corrected chi connectivity index (χ4v) is 3.39. The quantitative estimate of drug-likeness (QED) is 0.602. The SMILES string of the molecule is CC[C@@H](C)n1cc(C(=O)NCc2nnc(C)o2)c(=O)c(-c2cccc(C(F)(F)F)c2)c1C. The van der Waals surface area contributed by atoms with Gasteiger partial charge in [-0.3, -0.25) is 9.59 Å². The molecule has 0 aliphatic heterocycles. The monoisotopic (exact) mass is 448 g/mol. The molecule has 1 aromatic carbocycles. The number of nitrogens with zero attached hydrogens (tertiary/aromatic N) is 3. The van der Waals surface area contributed by atoms with Crippen LogP contribution in [0.2, 0.25) is 0 Å². The maximum Gasteiger partial charge on any atom is 0.416 e. The number of nitrogens with one attached hydrogen (secondary N) is 1. The number of carbonyl (C=O) groups excluding carboxylic acids is 1. The van der Waals surface area contributed by atoms with Gasteiger partial charge in [-0.2, -0.15) is 13.2 Å². The number of alkyl halides is 3. The molecule has 0 radical (unpaired) electrons. The standard InChI is InChI=1S/C22H23F3N4O3/c1-5-12(2)29-11-17(21(31)26-10-18-28-27-14(4)32-18)20(30)19(13(29)3)15-7-6-8-16(9-15)22(23,24)25/h6-9,11-12H,5,10H2,1-4H3,(H,26,31)/t12-/m1/s1.